The summed E-state index contributed by atoms with van der Waals surface area (Å²) in [6.45, 7) is 3.38. The summed E-state index contributed by atoms with van der Waals surface area (Å²) in [7, 11) is 3.43. The van der Waals surface area contributed by atoms with E-state index in [1.807, 2.05) is 30.5 Å². The van der Waals surface area contributed by atoms with Gasteiger partial charge in [-0.25, -0.2) is 4.98 Å². The Morgan fingerprint density at radius 2 is 2.05 bits per heavy atom. The molecule has 21 heavy (non-hydrogen) atoms. The van der Waals surface area contributed by atoms with Crippen LogP contribution >= 0.6 is 11.3 Å². The maximum atomic E-state index is 5.33. The molecule has 0 unspecified atom stereocenters. The predicted molar refractivity (Wildman–Crippen MR) is 86.9 cm³/mol. The van der Waals surface area contributed by atoms with Crippen LogP contribution in [0.3, 0.4) is 0 Å². The van der Waals surface area contributed by atoms with E-state index in [1.54, 1.807) is 25.5 Å². The molecule has 0 radical (unpaired) electrons. The highest BCUT2D eigenvalue weighted by atomic mass is 32.1. The van der Waals surface area contributed by atoms with Crippen LogP contribution in [0.25, 0.3) is 0 Å². The molecule has 2 rings (SSSR count). The molecule has 0 saturated carbocycles. The zero-order valence-corrected chi connectivity index (χ0v) is 13.3. The predicted octanol–water partition coefficient (Wildman–Crippen LogP) is 2.33. The molecule has 0 atom stereocenters. The van der Waals surface area contributed by atoms with Crippen molar-refractivity contribution in [2.45, 2.75) is 20.0 Å². The van der Waals surface area contributed by atoms with E-state index >= 15 is 0 Å². The second-order valence-corrected chi connectivity index (χ2v) is 5.78. The van der Waals surface area contributed by atoms with Crippen molar-refractivity contribution < 1.29 is 4.74 Å². The fourth-order valence-corrected chi connectivity index (χ4v) is 2.62. The highest BCUT2D eigenvalue weighted by molar-refractivity contribution is 7.11. The third-order valence-corrected chi connectivity index (χ3v) is 3.85. The zero-order valence-electron chi connectivity index (χ0n) is 12.5. The molecule has 0 aliphatic heterocycles. The summed E-state index contributed by atoms with van der Waals surface area (Å²) in [5, 5.41) is 7.57. The van der Waals surface area contributed by atoms with Crippen molar-refractivity contribution in [3.05, 3.63) is 45.9 Å². The number of aliphatic imine (C=N–C) groups is 1. The van der Waals surface area contributed by atoms with E-state index in [0.717, 1.165) is 22.3 Å². The van der Waals surface area contributed by atoms with E-state index in [-0.39, 0.29) is 0 Å². The van der Waals surface area contributed by atoms with E-state index in [2.05, 4.69) is 27.5 Å². The molecule has 0 amide bonds. The van der Waals surface area contributed by atoms with Gasteiger partial charge in [0, 0.05) is 30.2 Å². The number of ether oxygens (including phenoxy) is 1. The van der Waals surface area contributed by atoms with Gasteiger partial charge in [-0.2, -0.15) is 0 Å². The molecule has 0 bridgehead atoms. The van der Waals surface area contributed by atoms with Crippen molar-refractivity contribution in [3.8, 4) is 5.75 Å². The summed E-state index contributed by atoms with van der Waals surface area (Å²) in [5.74, 6) is 1.62. The summed E-state index contributed by atoms with van der Waals surface area (Å²) in [6.07, 6.45) is 1.88. The molecule has 1 aromatic carbocycles. The minimum absolute atomic E-state index is 0.653. The van der Waals surface area contributed by atoms with Crippen LogP contribution in [0.2, 0.25) is 0 Å². The Balaban J connectivity index is 1.88. The van der Waals surface area contributed by atoms with Gasteiger partial charge in [-0.3, -0.25) is 4.99 Å². The van der Waals surface area contributed by atoms with Crippen molar-refractivity contribution in [2.75, 3.05) is 14.2 Å². The minimum atomic E-state index is 0.653. The van der Waals surface area contributed by atoms with Gasteiger partial charge in [-0.05, 0) is 13.0 Å². The van der Waals surface area contributed by atoms with Crippen LogP contribution in [-0.2, 0) is 13.1 Å². The average Bonchev–Trinajstić information content (AvgIpc) is 2.93. The van der Waals surface area contributed by atoms with Gasteiger partial charge in [0.05, 0.1) is 13.7 Å². The quantitative estimate of drug-likeness (QED) is 0.657. The number of rotatable bonds is 5. The zero-order chi connectivity index (χ0) is 15.1. The SMILES string of the molecule is CN=C(NCc1ncc(C)s1)NCc1ccccc1OC. The summed E-state index contributed by atoms with van der Waals surface area (Å²) in [4.78, 5) is 9.74. The van der Waals surface area contributed by atoms with Gasteiger partial charge in [0.1, 0.15) is 10.8 Å². The molecule has 0 aliphatic rings. The second kappa shape index (κ2) is 7.64. The third-order valence-electron chi connectivity index (χ3n) is 2.94. The summed E-state index contributed by atoms with van der Waals surface area (Å²) in [6, 6.07) is 7.93. The first-order chi connectivity index (χ1) is 10.2. The molecule has 6 heteroatoms. The van der Waals surface area contributed by atoms with E-state index in [1.165, 1.54) is 4.88 Å². The lowest BCUT2D eigenvalue weighted by Gasteiger charge is -2.13. The number of hydrogen-bond donors (Lipinski definition) is 2. The van der Waals surface area contributed by atoms with Crippen LogP contribution in [0, 0.1) is 6.92 Å². The average molecular weight is 304 g/mol. The van der Waals surface area contributed by atoms with Crippen LogP contribution in [0.1, 0.15) is 15.4 Å². The highest BCUT2D eigenvalue weighted by Gasteiger charge is 2.04. The number of aryl methyl sites for hydroxylation is 1. The molecular formula is C15H20N4OS. The van der Waals surface area contributed by atoms with E-state index in [4.69, 9.17) is 4.74 Å². The van der Waals surface area contributed by atoms with Crippen molar-refractivity contribution in [1.29, 1.82) is 0 Å². The normalized spacial score (nSPS) is 11.3. The van der Waals surface area contributed by atoms with E-state index < -0.39 is 0 Å². The van der Waals surface area contributed by atoms with Gasteiger partial charge in [0.15, 0.2) is 5.96 Å². The number of aromatic nitrogens is 1. The molecule has 1 heterocycles. The maximum Gasteiger partial charge on any atom is 0.191 e. The third kappa shape index (κ3) is 4.46. The Bertz CT molecular complexity index is 609. The fraction of sp³-hybridized carbons (Fsp3) is 0.333. The smallest absolute Gasteiger partial charge is 0.191 e. The molecule has 2 aromatic rings. The molecule has 0 aliphatic carbocycles. The number of hydrogen-bond acceptors (Lipinski definition) is 4. The monoisotopic (exact) mass is 304 g/mol. The van der Waals surface area contributed by atoms with Crippen LogP contribution < -0.4 is 15.4 Å². The lowest BCUT2D eigenvalue weighted by Crippen LogP contribution is -2.36. The fourth-order valence-electron chi connectivity index (χ4n) is 1.89. The summed E-state index contributed by atoms with van der Waals surface area (Å²) >= 11 is 1.68. The summed E-state index contributed by atoms with van der Waals surface area (Å²) in [5.41, 5.74) is 1.09. The van der Waals surface area contributed by atoms with Gasteiger partial charge < -0.3 is 15.4 Å². The largest absolute Gasteiger partial charge is 0.496 e. The number of para-hydroxylation sites is 1. The number of nitrogens with zero attached hydrogens (tertiary/aromatic N) is 2. The molecule has 2 N–H and O–H groups in total. The first-order valence-corrected chi connectivity index (χ1v) is 7.52. The van der Waals surface area contributed by atoms with Crippen molar-refractivity contribution in [2.24, 2.45) is 4.99 Å². The van der Waals surface area contributed by atoms with Crippen LogP contribution in [0.4, 0.5) is 0 Å². The molecule has 0 saturated heterocycles. The molecular weight excluding hydrogens is 284 g/mol. The van der Waals surface area contributed by atoms with Gasteiger partial charge in [-0.15, -0.1) is 11.3 Å². The van der Waals surface area contributed by atoms with E-state index in [0.29, 0.717) is 13.1 Å². The molecule has 1 aromatic heterocycles. The molecule has 0 fully saturated rings. The Morgan fingerprint density at radius 3 is 2.71 bits per heavy atom. The second-order valence-electron chi connectivity index (χ2n) is 4.46. The van der Waals surface area contributed by atoms with Gasteiger partial charge >= 0.3 is 0 Å². The number of nitrogens with one attached hydrogen (secondary N) is 2. The van der Waals surface area contributed by atoms with Crippen molar-refractivity contribution >= 4 is 17.3 Å². The molecule has 112 valence electrons. The topological polar surface area (TPSA) is 58.5 Å². The van der Waals surface area contributed by atoms with Crippen LogP contribution in [0.15, 0.2) is 35.5 Å². The Labute approximate surface area is 129 Å². The molecule has 5 nitrogen and oxygen atoms in total. The first-order valence-electron chi connectivity index (χ1n) is 6.70. The van der Waals surface area contributed by atoms with Gasteiger partial charge in [-0.1, -0.05) is 18.2 Å². The van der Waals surface area contributed by atoms with E-state index in [9.17, 15) is 0 Å². The van der Waals surface area contributed by atoms with Crippen LogP contribution in [-0.4, -0.2) is 25.1 Å². The standard InChI is InChI=1S/C15H20N4OS/c1-11-8-17-14(21-11)10-19-15(16-2)18-9-12-6-4-5-7-13(12)20-3/h4-8H,9-10H2,1-3H3,(H2,16,18,19). The number of thiazole rings is 1. The highest BCUT2D eigenvalue weighted by Crippen LogP contribution is 2.16. The van der Waals surface area contributed by atoms with Crippen LogP contribution in [0.5, 0.6) is 5.75 Å². The van der Waals surface area contributed by atoms with Gasteiger partial charge in [0.25, 0.3) is 0 Å². The number of methoxy groups -OCH3 is 1. The Hall–Kier alpha value is -2.08. The van der Waals surface area contributed by atoms with Crippen molar-refractivity contribution in [1.82, 2.24) is 15.6 Å². The van der Waals surface area contributed by atoms with Crippen molar-refractivity contribution in [3.63, 3.8) is 0 Å². The molecule has 0 spiro atoms. The number of guanidine groups is 1. The summed E-state index contributed by atoms with van der Waals surface area (Å²) < 4.78 is 5.33. The Morgan fingerprint density at radius 1 is 1.29 bits per heavy atom. The lowest BCUT2D eigenvalue weighted by molar-refractivity contribution is 0.409. The Kier molecular flexibility index (Phi) is 5.57. The number of benzene rings is 1. The first kappa shape index (κ1) is 15.3. The lowest BCUT2D eigenvalue weighted by atomic mass is 10.2. The minimum Gasteiger partial charge on any atom is -0.496 e. The van der Waals surface area contributed by atoms with Gasteiger partial charge in [0.2, 0.25) is 0 Å². The maximum absolute atomic E-state index is 5.33.